The topological polar surface area (TPSA) is 73.0 Å². The van der Waals surface area contributed by atoms with Crippen LogP contribution in [0.2, 0.25) is 0 Å². The Hall–Kier alpha value is -3.73. The van der Waals surface area contributed by atoms with Crippen LogP contribution in [0, 0.1) is 0 Å². The van der Waals surface area contributed by atoms with Crippen molar-refractivity contribution >= 4 is 28.8 Å². The summed E-state index contributed by atoms with van der Waals surface area (Å²) in [6.45, 7) is 10.2. The van der Waals surface area contributed by atoms with E-state index in [-0.39, 0.29) is 10.7 Å². The first-order chi connectivity index (χ1) is 17.5. The zero-order chi connectivity index (χ0) is 28.3. The minimum absolute atomic E-state index is 0.157. The maximum absolute atomic E-state index is 14.9. The van der Waals surface area contributed by atoms with Crippen molar-refractivity contribution in [3.8, 4) is 11.3 Å². The van der Waals surface area contributed by atoms with Crippen LogP contribution < -0.4 is 5.32 Å². The number of carbonyl (C=O) groups excluding carboxylic acids is 1. The predicted molar refractivity (Wildman–Crippen MR) is 135 cm³/mol. The maximum Gasteiger partial charge on any atom is 0.434 e. The largest absolute Gasteiger partial charge is 0.434 e. The van der Waals surface area contributed by atoms with Crippen LogP contribution in [0.1, 0.15) is 42.0 Å². The monoisotopic (exact) mass is 544 g/mol. The molecular weight excluding hydrogens is 519 g/mol. The van der Waals surface area contributed by atoms with Crippen molar-refractivity contribution in [1.82, 2.24) is 20.3 Å². The van der Waals surface area contributed by atoms with Crippen molar-refractivity contribution in [3.05, 3.63) is 83.6 Å². The van der Waals surface area contributed by atoms with Gasteiger partial charge in [-0.3, -0.25) is 9.18 Å². The van der Waals surface area contributed by atoms with Gasteiger partial charge in [0.2, 0.25) is 0 Å². The number of allylic oxidation sites excluding steroid dienone is 10. The second kappa shape index (κ2) is 14.1. The minimum atomic E-state index is -4.89. The van der Waals surface area contributed by atoms with E-state index >= 15 is 0 Å². The number of carbonyl (C=O) groups is 1. The van der Waals surface area contributed by atoms with Gasteiger partial charge in [0, 0.05) is 17.8 Å². The average Bonchev–Trinajstić information content (AvgIpc) is 3.48. The lowest BCUT2D eigenvalue weighted by atomic mass is 10.0. The van der Waals surface area contributed by atoms with Crippen molar-refractivity contribution in [2.45, 2.75) is 26.4 Å². The summed E-state index contributed by atoms with van der Waals surface area (Å²) in [5.74, 6) is -2.40. The van der Waals surface area contributed by atoms with Crippen LogP contribution in [-0.2, 0) is 6.18 Å². The lowest BCUT2D eigenvalue weighted by Gasteiger charge is -2.12. The van der Waals surface area contributed by atoms with E-state index < -0.39 is 51.8 Å². The lowest BCUT2D eigenvalue weighted by molar-refractivity contribution is -0.142. The number of nitrogens with one attached hydrogen (secondary N) is 1. The molecule has 12 heteroatoms. The fourth-order valence-corrected chi connectivity index (χ4v) is 3.24. The van der Waals surface area contributed by atoms with E-state index in [1.54, 1.807) is 12.2 Å². The van der Waals surface area contributed by atoms with Crippen molar-refractivity contribution in [1.29, 1.82) is 0 Å². The van der Waals surface area contributed by atoms with Gasteiger partial charge in [-0.1, -0.05) is 61.1 Å². The summed E-state index contributed by atoms with van der Waals surface area (Å²) >= 11 is 5.96. The highest BCUT2D eigenvalue weighted by molar-refractivity contribution is 6.37. The summed E-state index contributed by atoms with van der Waals surface area (Å²) in [5.41, 5.74) is -2.94. The summed E-state index contributed by atoms with van der Waals surface area (Å²) < 4.78 is 72.7. The molecule has 0 unspecified atom stereocenters. The molecule has 0 aliphatic heterocycles. The third-order valence-corrected chi connectivity index (χ3v) is 4.79. The highest BCUT2D eigenvalue weighted by atomic mass is 35.5. The van der Waals surface area contributed by atoms with Crippen molar-refractivity contribution < 1.29 is 31.3 Å². The predicted octanol–water partition coefficient (Wildman–Crippen LogP) is 7.50. The van der Waals surface area contributed by atoms with Crippen LogP contribution >= 0.6 is 11.6 Å². The Bertz CT molecular complexity index is 1250. The molecule has 1 amide bonds. The Morgan fingerprint density at radius 3 is 2.46 bits per heavy atom. The average molecular weight is 545 g/mol. The molecule has 37 heavy (non-hydrogen) atoms. The second-order valence-corrected chi connectivity index (χ2v) is 7.45. The summed E-state index contributed by atoms with van der Waals surface area (Å²) in [6.07, 6.45) is 5.04. The van der Waals surface area contributed by atoms with Crippen LogP contribution in [-0.4, -0.2) is 35.1 Å². The number of hydrogen-bond donors (Lipinski definition) is 1. The molecule has 0 radical (unpaired) electrons. The van der Waals surface area contributed by atoms with E-state index in [4.69, 9.17) is 16.1 Å². The number of hydrogen-bond acceptors (Lipinski definition) is 4. The van der Waals surface area contributed by atoms with E-state index in [1.165, 1.54) is 32.2 Å². The molecule has 0 fully saturated rings. The van der Waals surface area contributed by atoms with E-state index in [9.17, 15) is 26.7 Å². The molecule has 2 aromatic rings. The van der Waals surface area contributed by atoms with Crippen molar-refractivity contribution in [3.63, 3.8) is 0 Å². The van der Waals surface area contributed by atoms with Crippen LogP contribution in [0.4, 0.5) is 22.0 Å². The number of rotatable bonds is 9. The molecule has 0 aromatic carbocycles. The zero-order valence-corrected chi connectivity index (χ0v) is 21.3. The van der Waals surface area contributed by atoms with Crippen LogP contribution in [0.25, 0.3) is 22.6 Å². The van der Waals surface area contributed by atoms with Gasteiger partial charge in [-0.25, -0.2) is 9.07 Å². The Kier molecular flexibility index (Phi) is 11.9. The fourth-order valence-electron chi connectivity index (χ4n) is 3.06. The van der Waals surface area contributed by atoms with Gasteiger partial charge in [0.1, 0.15) is 17.1 Å². The van der Waals surface area contributed by atoms with Gasteiger partial charge in [0.25, 0.3) is 5.91 Å². The highest BCUT2D eigenvalue weighted by Crippen LogP contribution is 2.42. The van der Waals surface area contributed by atoms with E-state index in [0.29, 0.717) is 18.3 Å². The molecule has 0 spiro atoms. The van der Waals surface area contributed by atoms with Crippen LogP contribution in [0.3, 0.4) is 0 Å². The molecule has 0 saturated heterocycles. The first-order valence-corrected chi connectivity index (χ1v) is 11.0. The molecule has 2 aromatic heterocycles. The molecule has 0 bridgehead atoms. The molecule has 200 valence electrons. The smallest absolute Gasteiger partial charge is 0.355 e. The van der Waals surface area contributed by atoms with Crippen LogP contribution in [0.15, 0.2) is 71.2 Å². The molecule has 0 atom stereocenters. The van der Waals surface area contributed by atoms with E-state index in [0.717, 1.165) is 12.3 Å². The maximum atomic E-state index is 14.9. The van der Waals surface area contributed by atoms with Gasteiger partial charge in [-0.2, -0.15) is 18.3 Å². The van der Waals surface area contributed by atoms with Crippen LogP contribution in [0.5, 0.6) is 0 Å². The number of amides is 1. The van der Waals surface area contributed by atoms with Crippen molar-refractivity contribution in [2.24, 2.45) is 0 Å². The number of halogens is 6. The first-order valence-electron chi connectivity index (χ1n) is 10.6. The Morgan fingerprint density at radius 2 is 1.95 bits per heavy atom. The molecule has 6 nitrogen and oxygen atoms in total. The van der Waals surface area contributed by atoms with E-state index in [1.807, 2.05) is 6.92 Å². The Morgan fingerprint density at radius 1 is 1.30 bits per heavy atom. The molecular formula is C25H26ClF5N4O2. The molecule has 1 N–H and O–H groups in total. The second-order valence-electron chi connectivity index (χ2n) is 7.00. The summed E-state index contributed by atoms with van der Waals surface area (Å²) in [7, 11) is 1.75. The van der Waals surface area contributed by atoms with Gasteiger partial charge in [-0.05, 0) is 25.5 Å². The van der Waals surface area contributed by atoms with Crippen molar-refractivity contribution in [2.75, 3.05) is 14.2 Å². The molecule has 0 saturated carbocycles. The third-order valence-electron chi connectivity index (χ3n) is 4.60. The molecule has 2 rings (SSSR count). The SMILES string of the molecule is C=C/C=C\C(F)=C(/C(=C)Cl)c1noc(-c2cnn(/C(C)=C/C=C\CC)c2C(F)(F)F)c1C(=O)NC.CF. The summed E-state index contributed by atoms with van der Waals surface area (Å²) in [5, 5.41) is 9.48. The molecule has 2 heterocycles. The van der Waals surface area contributed by atoms with Gasteiger partial charge in [0.05, 0.1) is 24.5 Å². The van der Waals surface area contributed by atoms with Gasteiger partial charge in [-0.15, -0.1) is 0 Å². The first kappa shape index (κ1) is 31.3. The third kappa shape index (κ3) is 7.39. The minimum Gasteiger partial charge on any atom is -0.355 e. The standard InChI is InChI=1S/C24H23ClF4N4O2.CH3F/c1-6-8-10-11-14(3)33-22(24(27,28)29)16(13-31-33)21-19(23(34)30-5)20(32-35-21)18(15(4)25)17(26)12-9-7-2;1-2/h7-13H,2,4,6H2,1,3,5H3,(H,30,34);1H3/b10-8-,12-9-,14-11+,18-17-;. The quantitative estimate of drug-likeness (QED) is 0.262. The molecule has 0 aliphatic rings. The Balaban J connectivity index is 0.00000334. The van der Waals surface area contributed by atoms with Gasteiger partial charge >= 0.3 is 6.18 Å². The molecule has 0 aliphatic carbocycles. The lowest BCUT2D eigenvalue weighted by Crippen LogP contribution is -2.20. The number of nitrogens with zero attached hydrogens (tertiary/aromatic N) is 3. The zero-order valence-electron chi connectivity index (χ0n) is 20.6. The fraction of sp³-hybridized carbons (Fsp3) is 0.240. The van der Waals surface area contributed by atoms with Gasteiger partial charge < -0.3 is 9.84 Å². The summed E-state index contributed by atoms with van der Waals surface area (Å²) in [4.78, 5) is 12.7. The number of aromatic nitrogens is 3. The Labute approximate surface area is 216 Å². The summed E-state index contributed by atoms with van der Waals surface area (Å²) in [6, 6.07) is 0. The number of alkyl halides is 4. The van der Waals surface area contributed by atoms with E-state index in [2.05, 4.69) is 28.7 Å². The highest BCUT2D eigenvalue weighted by Gasteiger charge is 2.42. The van der Waals surface area contributed by atoms with Gasteiger partial charge in [0.15, 0.2) is 11.5 Å². The normalized spacial score (nSPS) is 12.9.